The van der Waals surface area contributed by atoms with Crippen LogP contribution in [0.4, 0.5) is 5.82 Å². The summed E-state index contributed by atoms with van der Waals surface area (Å²) in [6.07, 6.45) is 1.74. The standard InChI is InChI=1S/C13H20N4O2/c1-4-19-13(18)11-8-14-5-6-17(11)12-10(3)15-7-9(2)16-12/h7,11,14H,4-6,8H2,1-3H3. The van der Waals surface area contributed by atoms with Gasteiger partial charge in [-0.25, -0.2) is 9.78 Å². The molecule has 19 heavy (non-hydrogen) atoms. The number of esters is 1. The minimum absolute atomic E-state index is 0.211. The van der Waals surface area contributed by atoms with Crippen LogP contribution in [0.1, 0.15) is 18.3 Å². The van der Waals surface area contributed by atoms with Crippen molar-refractivity contribution >= 4 is 11.8 Å². The van der Waals surface area contributed by atoms with E-state index in [-0.39, 0.29) is 12.0 Å². The Morgan fingerprint density at radius 3 is 3.11 bits per heavy atom. The first-order valence-corrected chi connectivity index (χ1v) is 6.57. The topological polar surface area (TPSA) is 67.3 Å². The predicted octanol–water partition coefficient (Wildman–Crippen LogP) is 0.435. The van der Waals surface area contributed by atoms with Crippen molar-refractivity contribution in [1.29, 1.82) is 0 Å². The quantitative estimate of drug-likeness (QED) is 0.799. The minimum Gasteiger partial charge on any atom is -0.464 e. The van der Waals surface area contributed by atoms with Crippen LogP contribution in [0.5, 0.6) is 0 Å². The van der Waals surface area contributed by atoms with E-state index in [1.54, 1.807) is 6.20 Å². The van der Waals surface area contributed by atoms with Crippen LogP contribution in [0, 0.1) is 13.8 Å². The van der Waals surface area contributed by atoms with Crippen molar-refractivity contribution < 1.29 is 9.53 Å². The van der Waals surface area contributed by atoms with E-state index in [0.717, 1.165) is 30.3 Å². The van der Waals surface area contributed by atoms with E-state index >= 15 is 0 Å². The zero-order chi connectivity index (χ0) is 13.8. The summed E-state index contributed by atoms with van der Waals surface area (Å²) in [6, 6.07) is -0.330. The van der Waals surface area contributed by atoms with Crippen LogP contribution in [-0.4, -0.2) is 48.2 Å². The molecule has 1 atom stereocenters. The molecule has 0 bridgehead atoms. The van der Waals surface area contributed by atoms with Crippen LogP contribution >= 0.6 is 0 Å². The van der Waals surface area contributed by atoms with E-state index in [0.29, 0.717) is 13.2 Å². The Bertz CT molecular complexity index is 464. The summed E-state index contributed by atoms with van der Waals surface area (Å²) in [5.74, 6) is 0.567. The van der Waals surface area contributed by atoms with Gasteiger partial charge >= 0.3 is 5.97 Å². The maximum atomic E-state index is 12.0. The van der Waals surface area contributed by atoms with Crippen molar-refractivity contribution in [2.45, 2.75) is 26.8 Å². The third-order valence-electron chi connectivity index (χ3n) is 3.13. The molecule has 1 unspecified atom stereocenters. The maximum absolute atomic E-state index is 12.0. The Morgan fingerprint density at radius 2 is 2.37 bits per heavy atom. The van der Waals surface area contributed by atoms with Gasteiger partial charge in [0.2, 0.25) is 0 Å². The highest BCUT2D eigenvalue weighted by atomic mass is 16.5. The zero-order valence-electron chi connectivity index (χ0n) is 11.6. The van der Waals surface area contributed by atoms with E-state index in [1.807, 2.05) is 25.7 Å². The van der Waals surface area contributed by atoms with E-state index < -0.39 is 0 Å². The van der Waals surface area contributed by atoms with Gasteiger partial charge in [0.15, 0.2) is 5.82 Å². The highest BCUT2D eigenvalue weighted by Crippen LogP contribution is 2.20. The van der Waals surface area contributed by atoms with Gasteiger partial charge in [-0.3, -0.25) is 4.98 Å². The molecule has 6 heteroatoms. The fraction of sp³-hybridized carbons (Fsp3) is 0.615. The van der Waals surface area contributed by atoms with E-state index in [4.69, 9.17) is 4.74 Å². The summed E-state index contributed by atoms with van der Waals surface area (Å²) in [5.41, 5.74) is 1.68. The molecular formula is C13H20N4O2. The lowest BCUT2D eigenvalue weighted by molar-refractivity contribution is -0.144. The molecule has 0 saturated carbocycles. The maximum Gasteiger partial charge on any atom is 0.330 e. The normalized spacial score (nSPS) is 19.3. The van der Waals surface area contributed by atoms with Gasteiger partial charge in [-0.2, -0.15) is 0 Å². The van der Waals surface area contributed by atoms with Crippen LogP contribution in [0.15, 0.2) is 6.20 Å². The van der Waals surface area contributed by atoms with Crippen LogP contribution in [0.3, 0.4) is 0 Å². The highest BCUT2D eigenvalue weighted by Gasteiger charge is 2.31. The van der Waals surface area contributed by atoms with Gasteiger partial charge in [0.25, 0.3) is 0 Å². The third-order valence-corrected chi connectivity index (χ3v) is 3.13. The summed E-state index contributed by atoms with van der Waals surface area (Å²) in [7, 11) is 0. The first kappa shape index (κ1) is 13.7. The molecule has 1 saturated heterocycles. The van der Waals surface area contributed by atoms with Crippen molar-refractivity contribution in [2.24, 2.45) is 0 Å². The van der Waals surface area contributed by atoms with Crippen molar-refractivity contribution in [2.75, 3.05) is 31.1 Å². The number of carbonyl (C=O) groups is 1. The molecule has 1 aromatic heterocycles. The molecule has 1 fully saturated rings. The molecule has 0 radical (unpaired) electrons. The lowest BCUT2D eigenvalue weighted by Gasteiger charge is -2.35. The molecule has 0 aromatic carbocycles. The number of nitrogens with one attached hydrogen (secondary N) is 1. The molecule has 2 rings (SSSR count). The highest BCUT2D eigenvalue weighted by molar-refractivity contribution is 5.80. The Labute approximate surface area is 113 Å². The van der Waals surface area contributed by atoms with Crippen LogP contribution in [-0.2, 0) is 9.53 Å². The van der Waals surface area contributed by atoms with Gasteiger partial charge in [-0.15, -0.1) is 0 Å². The number of hydrogen-bond donors (Lipinski definition) is 1. The third kappa shape index (κ3) is 3.01. The Morgan fingerprint density at radius 1 is 1.58 bits per heavy atom. The summed E-state index contributed by atoms with van der Waals surface area (Å²) in [5, 5.41) is 3.22. The smallest absolute Gasteiger partial charge is 0.330 e. The Kier molecular flexibility index (Phi) is 4.31. The van der Waals surface area contributed by atoms with E-state index in [9.17, 15) is 4.79 Å². The molecule has 0 spiro atoms. The summed E-state index contributed by atoms with van der Waals surface area (Å²) in [4.78, 5) is 22.8. The van der Waals surface area contributed by atoms with Gasteiger partial charge in [0.05, 0.1) is 18.0 Å². The molecule has 2 heterocycles. The lowest BCUT2D eigenvalue weighted by Crippen LogP contribution is -2.56. The van der Waals surface area contributed by atoms with Gasteiger partial charge in [-0.1, -0.05) is 0 Å². The molecule has 104 valence electrons. The second kappa shape index (κ2) is 5.97. The minimum atomic E-state index is -0.330. The van der Waals surface area contributed by atoms with Gasteiger partial charge in [-0.05, 0) is 20.8 Å². The lowest BCUT2D eigenvalue weighted by atomic mass is 10.2. The molecule has 1 aliphatic heterocycles. The fourth-order valence-corrected chi connectivity index (χ4v) is 2.20. The zero-order valence-corrected chi connectivity index (χ0v) is 11.6. The van der Waals surface area contributed by atoms with Crippen LogP contribution in [0.2, 0.25) is 0 Å². The average Bonchev–Trinajstić information content (AvgIpc) is 2.42. The number of carbonyl (C=O) groups excluding carboxylic acids is 1. The second-order valence-electron chi connectivity index (χ2n) is 4.59. The van der Waals surface area contributed by atoms with Gasteiger partial charge in [0, 0.05) is 25.8 Å². The predicted molar refractivity (Wildman–Crippen MR) is 72.1 cm³/mol. The van der Waals surface area contributed by atoms with Crippen molar-refractivity contribution in [3.05, 3.63) is 17.6 Å². The van der Waals surface area contributed by atoms with Crippen molar-refractivity contribution in [1.82, 2.24) is 15.3 Å². The number of hydrogen-bond acceptors (Lipinski definition) is 6. The Hall–Kier alpha value is -1.69. The number of aryl methyl sites for hydroxylation is 2. The van der Waals surface area contributed by atoms with Crippen molar-refractivity contribution in [3.8, 4) is 0 Å². The molecular weight excluding hydrogens is 244 g/mol. The monoisotopic (exact) mass is 264 g/mol. The number of anilines is 1. The molecule has 0 aliphatic carbocycles. The fourth-order valence-electron chi connectivity index (χ4n) is 2.20. The Balaban J connectivity index is 2.28. The van der Waals surface area contributed by atoms with E-state index in [2.05, 4.69) is 15.3 Å². The van der Waals surface area contributed by atoms with Gasteiger partial charge < -0.3 is 15.0 Å². The van der Waals surface area contributed by atoms with Crippen LogP contribution < -0.4 is 10.2 Å². The summed E-state index contributed by atoms with van der Waals surface area (Å²) >= 11 is 0. The molecule has 1 aliphatic rings. The van der Waals surface area contributed by atoms with E-state index in [1.165, 1.54) is 0 Å². The second-order valence-corrected chi connectivity index (χ2v) is 4.59. The molecule has 1 aromatic rings. The number of rotatable bonds is 3. The number of nitrogens with zero attached hydrogens (tertiary/aromatic N) is 3. The molecule has 1 N–H and O–H groups in total. The first-order valence-electron chi connectivity index (χ1n) is 6.57. The van der Waals surface area contributed by atoms with Crippen molar-refractivity contribution in [3.63, 3.8) is 0 Å². The molecule has 0 amide bonds. The average molecular weight is 264 g/mol. The largest absolute Gasteiger partial charge is 0.464 e. The SMILES string of the molecule is CCOC(=O)C1CNCCN1c1nc(C)cnc1C. The number of piperazine rings is 1. The van der Waals surface area contributed by atoms with Crippen LogP contribution in [0.25, 0.3) is 0 Å². The number of aromatic nitrogens is 2. The number of ether oxygens (including phenoxy) is 1. The first-order chi connectivity index (χ1) is 9.13. The van der Waals surface area contributed by atoms with Gasteiger partial charge in [0.1, 0.15) is 6.04 Å². The summed E-state index contributed by atoms with van der Waals surface area (Å²) in [6.45, 7) is 8.14. The summed E-state index contributed by atoms with van der Waals surface area (Å²) < 4.78 is 5.13. The molecule has 6 nitrogen and oxygen atoms in total.